The molecule has 1 fully saturated rings. The average molecular weight is 129 g/mol. The van der Waals surface area contributed by atoms with Crippen LogP contribution in [-0.4, -0.2) is 24.8 Å². The Labute approximate surface area is 56.3 Å². The van der Waals surface area contributed by atoms with Crippen molar-refractivity contribution in [2.24, 2.45) is 5.92 Å². The van der Waals surface area contributed by atoms with Gasteiger partial charge in [-0.05, 0) is 19.4 Å². The first-order valence-electron chi connectivity index (χ1n) is 3.65. The molecule has 0 bridgehead atoms. The van der Waals surface area contributed by atoms with E-state index in [0.29, 0.717) is 0 Å². The van der Waals surface area contributed by atoms with Crippen LogP contribution in [0.1, 0.15) is 19.3 Å². The Hall–Kier alpha value is -0.0800. The summed E-state index contributed by atoms with van der Waals surface area (Å²) in [5.41, 5.74) is 0. The topological polar surface area (TPSA) is 32.3 Å². The predicted molar refractivity (Wildman–Crippen MR) is 37.3 cm³/mol. The van der Waals surface area contributed by atoms with E-state index >= 15 is 0 Å². The van der Waals surface area contributed by atoms with Gasteiger partial charge in [-0.15, -0.1) is 0 Å². The van der Waals surface area contributed by atoms with Gasteiger partial charge in [0.15, 0.2) is 0 Å². The molecule has 0 aliphatic heterocycles. The van der Waals surface area contributed by atoms with E-state index in [9.17, 15) is 5.11 Å². The molecule has 54 valence electrons. The van der Waals surface area contributed by atoms with Gasteiger partial charge in [-0.3, -0.25) is 0 Å². The minimum absolute atomic E-state index is 0.109. The van der Waals surface area contributed by atoms with Crippen LogP contribution >= 0.6 is 0 Å². The van der Waals surface area contributed by atoms with Crippen LogP contribution in [0.3, 0.4) is 0 Å². The van der Waals surface area contributed by atoms with Crippen molar-refractivity contribution in [1.29, 1.82) is 0 Å². The van der Waals surface area contributed by atoms with Crippen LogP contribution in [-0.2, 0) is 0 Å². The average Bonchev–Trinajstić information content (AvgIpc) is 2.50. The van der Waals surface area contributed by atoms with E-state index in [1.807, 2.05) is 7.05 Å². The Morgan fingerprint density at radius 1 is 1.67 bits per heavy atom. The second-order valence-electron chi connectivity index (χ2n) is 2.89. The second kappa shape index (κ2) is 3.18. The molecule has 0 amide bonds. The Balaban J connectivity index is 1.95. The van der Waals surface area contributed by atoms with Crippen LogP contribution in [0, 0.1) is 5.92 Å². The number of rotatable bonds is 4. The Kier molecular flexibility index (Phi) is 2.49. The van der Waals surface area contributed by atoms with E-state index < -0.39 is 0 Å². The van der Waals surface area contributed by atoms with Crippen molar-refractivity contribution in [2.45, 2.75) is 25.4 Å². The summed E-state index contributed by atoms with van der Waals surface area (Å²) in [5, 5.41) is 12.1. The molecule has 9 heavy (non-hydrogen) atoms. The van der Waals surface area contributed by atoms with E-state index in [0.717, 1.165) is 18.9 Å². The highest BCUT2D eigenvalue weighted by molar-refractivity contribution is 4.76. The fourth-order valence-corrected chi connectivity index (χ4v) is 1.06. The number of hydrogen-bond donors (Lipinski definition) is 2. The Bertz CT molecular complexity index is 81.0. The van der Waals surface area contributed by atoms with Crippen molar-refractivity contribution < 1.29 is 5.11 Å². The molecular formula is C7H15NO. The zero-order chi connectivity index (χ0) is 6.69. The third-order valence-corrected chi connectivity index (χ3v) is 1.74. The maximum Gasteiger partial charge on any atom is 0.0667 e. The van der Waals surface area contributed by atoms with Gasteiger partial charge in [-0.2, -0.15) is 0 Å². The van der Waals surface area contributed by atoms with E-state index in [2.05, 4.69) is 5.32 Å². The molecular weight excluding hydrogens is 114 g/mol. The highest BCUT2D eigenvalue weighted by Gasteiger charge is 2.23. The van der Waals surface area contributed by atoms with E-state index in [-0.39, 0.29) is 6.10 Å². The first-order valence-corrected chi connectivity index (χ1v) is 3.65. The summed E-state index contributed by atoms with van der Waals surface area (Å²) in [4.78, 5) is 0. The lowest BCUT2D eigenvalue weighted by Crippen LogP contribution is -2.23. The van der Waals surface area contributed by atoms with Gasteiger partial charge >= 0.3 is 0 Å². The molecule has 0 heterocycles. The predicted octanol–water partition coefficient (Wildman–Crippen LogP) is 0.367. The van der Waals surface area contributed by atoms with Gasteiger partial charge in [0.1, 0.15) is 0 Å². The van der Waals surface area contributed by atoms with Crippen molar-refractivity contribution in [2.75, 3.05) is 13.6 Å². The van der Waals surface area contributed by atoms with E-state index in [1.54, 1.807) is 0 Å². The molecule has 1 saturated carbocycles. The minimum atomic E-state index is -0.109. The van der Waals surface area contributed by atoms with Crippen LogP contribution in [0.4, 0.5) is 0 Å². The summed E-state index contributed by atoms with van der Waals surface area (Å²) in [6, 6.07) is 0. The van der Waals surface area contributed by atoms with Crippen LogP contribution in [0.2, 0.25) is 0 Å². The molecule has 1 atom stereocenters. The first kappa shape index (κ1) is 7.03. The number of hydrogen-bond acceptors (Lipinski definition) is 2. The van der Waals surface area contributed by atoms with Crippen molar-refractivity contribution in [3.8, 4) is 0 Å². The number of aliphatic hydroxyl groups excluding tert-OH is 1. The van der Waals surface area contributed by atoms with Crippen LogP contribution in [0.25, 0.3) is 0 Å². The third kappa shape index (κ3) is 2.82. The Morgan fingerprint density at radius 2 is 2.33 bits per heavy atom. The van der Waals surface area contributed by atoms with E-state index in [4.69, 9.17) is 0 Å². The molecule has 0 aromatic rings. The second-order valence-corrected chi connectivity index (χ2v) is 2.89. The van der Waals surface area contributed by atoms with Gasteiger partial charge in [0.05, 0.1) is 6.10 Å². The van der Waals surface area contributed by atoms with Gasteiger partial charge in [-0.25, -0.2) is 0 Å². The number of likely N-dealkylation sites (N-methyl/N-ethyl adjacent to an activating group) is 1. The molecule has 2 heteroatoms. The smallest absolute Gasteiger partial charge is 0.0667 e. The van der Waals surface area contributed by atoms with Gasteiger partial charge in [-0.1, -0.05) is 12.8 Å². The lowest BCUT2D eigenvalue weighted by Gasteiger charge is -2.07. The number of nitrogens with one attached hydrogen (secondary N) is 1. The molecule has 2 nitrogen and oxygen atoms in total. The van der Waals surface area contributed by atoms with Gasteiger partial charge in [0.2, 0.25) is 0 Å². The van der Waals surface area contributed by atoms with Gasteiger partial charge < -0.3 is 10.4 Å². The summed E-state index contributed by atoms with van der Waals surface area (Å²) < 4.78 is 0. The molecule has 2 N–H and O–H groups in total. The summed E-state index contributed by atoms with van der Waals surface area (Å²) >= 11 is 0. The molecule has 0 spiro atoms. The summed E-state index contributed by atoms with van der Waals surface area (Å²) in [7, 11) is 1.87. The fourth-order valence-electron chi connectivity index (χ4n) is 1.06. The molecule has 0 aromatic heterocycles. The minimum Gasteiger partial charge on any atom is -0.392 e. The van der Waals surface area contributed by atoms with E-state index in [1.165, 1.54) is 12.8 Å². The molecule has 0 saturated heterocycles. The SMILES string of the molecule is CNCC(O)CC1CC1. The van der Waals surface area contributed by atoms with Crippen molar-refractivity contribution in [3.05, 3.63) is 0 Å². The molecule has 1 rings (SSSR count). The largest absolute Gasteiger partial charge is 0.392 e. The maximum atomic E-state index is 9.20. The van der Waals surface area contributed by atoms with Crippen molar-refractivity contribution >= 4 is 0 Å². The number of aliphatic hydroxyl groups is 1. The van der Waals surface area contributed by atoms with Crippen molar-refractivity contribution in [3.63, 3.8) is 0 Å². The highest BCUT2D eigenvalue weighted by atomic mass is 16.3. The van der Waals surface area contributed by atoms with Crippen LogP contribution < -0.4 is 5.32 Å². The third-order valence-electron chi connectivity index (χ3n) is 1.74. The maximum absolute atomic E-state index is 9.20. The quantitative estimate of drug-likeness (QED) is 0.574. The molecule has 0 aromatic carbocycles. The zero-order valence-corrected chi connectivity index (χ0v) is 5.93. The normalized spacial score (nSPS) is 22.0. The van der Waals surface area contributed by atoms with Gasteiger partial charge in [0.25, 0.3) is 0 Å². The standard InChI is InChI=1S/C7H15NO/c1-8-5-7(9)4-6-2-3-6/h6-9H,2-5H2,1H3. The zero-order valence-electron chi connectivity index (χ0n) is 5.93. The summed E-state index contributed by atoms with van der Waals surface area (Å²) in [6.45, 7) is 0.747. The summed E-state index contributed by atoms with van der Waals surface area (Å²) in [6.07, 6.45) is 3.56. The summed E-state index contributed by atoms with van der Waals surface area (Å²) in [5.74, 6) is 0.841. The monoisotopic (exact) mass is 129 g/mol. The lowest BCUT2D eigenvalue weighted by molar-refractivity contribution is 0.158. The molecule has 1 unspecified atom stereocenters. The highest BCUT2D eigenvalue weighted by Crippen LogP contribution is 2.33. The molecule has 1 aliphatic carbocycles. The Morgan fingerprint density at radius 3 is 2.78 bits per heavy atom. The van der Waals surface area contributed by atoms with Crippen molar-refractivity contribution in [1.82, 2.24) is 5.32 Å². The molecule has 0 radical (unpaired) electrons. The first-order chi connectivity index (χ1) is 4.33. The van der Waals surface area contributed by atoms with Crippen LogP contribution in [0.5, 0.6) is 0 Å². The van der Waals surface area contributed by atoms with Gasteiger partial charge in [0, 0.05) is 6.54 Å². The van der Waals surface area contributed by atoms with Crippen LogP contribution in [0.15, 0.2) is 0 Å². The fraction of sp³-hybridized carbons (Fsp3) is 1.00. The lowest BCUT2D eigenvalue weighted by atomic mass is 10.2. The molecule has 1 aliphatic rings.